The molecule has 8 nitrogen and oxygen atoms in total. The first-order chi connectivity index (χ1) is 15.0. The van der Waals surface area contributed by atoms with Gasteiger partial charge in [0.05, 0.1) is 7.11 Å². The number of nitrogens with zero attached hydrogens (tertiary/aromatic N) is 2. The molecule has 3 aromatic rings. The van der Waals surface area contributed by atoms with Crippen LogP contribution in [-0.2, 0) is 4.79 Å². The Bertz CT molecular complexity index is 991. The fourth-order valence-corrected chi connectivity index (χ4v) is 2.74. The summed E-state index contributed by atoms with van der Waals surface area (Å²) >= 11 is 0. The number of hydrogen-bond donors (Lipinski definition) is 3. The molecule has 162 valence electrons. The zero-order chi connectivity index (χ0) is 22.1. The topological polar surface area (TPSA) is 97.4 Å². The number of hydrogen-bond acceptors (Lipinski definition) is 7. The van der Waals surface area contributed by atoms with Gasteiger partial charge in [-0.05, 0) is 50.2 Å². The van der Waals surface area contributed by atoms with Gasteiger partial charge in [0.15, 0.2) is 6.61 Å². The van der Waals surface area contributed by atoms with Gasteiger partial charge in [-0.15, -0.1) is 0 Å². The Balaban J connectivity index is 1.41. The monoisotopic (exact) mass is 421 g/mol. The molecule has 0 unspecified atom stereocenters. The van der Waals surface area contributed by atoms with E-state index in [1.165, 1.54) is 5.56 Å². The molecule has 0 saturated heterocycles. The third-order valence-electron chi connectivity index (χ3n) is 4.34. The standard InChI is InChI=1S/C23H27N5O3/c1-16-4-6-18(7-5-16)27-21-14-17(2)26-23(28-21)25-13-12-24-22(29)15-31-20-10-8-19(30-3)9-11-20/h4-11,14H,12-13,15H2,1-3H3,(H,24,29)(H2,25,26,27,28). The first-order valence-corrected chi connectivity index (χ1v) is 9.98. The number of aryl methyl sites for hydroxylation is 2. The number of ether oxygens (including phenoxy) is 2. The van der Waals surface area contributed by atoms with Crippen LogP contribution in [0.1, 0.15) is 11.3 Å². The minimum absolute atomic E-state index is 0.0576. The molecule has 0 bridgehead atoms. The molecule has 3 N–H and O–H groups in total. The number of carbonyl (C=O) groups is 1. The Morgan fingerprint density at radius 3 is 2.35 bits per heavy atom. The molecule has 0 saturated carbocycles. The molecule has 1 aromatic heterocycles. The van der Waals surface area contributed by atoms with Crippen LogP contribution in [0.4, 0.5) is 17.5 Å². The minimum Gasteiger partial charge on any atom is -0.497 e. The summed E-state index contributed by atoms with van der Waals surface area (Å²) in [7, 11) is 1.60. The van der Waals surface area contributed by atoms with E-state index in [4.69, 9.17) is 9.47 Å². The van der Waals surface area contributed by atoms with Crippen molar-refractivity contribution in [3.8, 4) is 11.5 Å². The Hall–Kier alpha value is -3.81. The highest BCUT2D eigenvalue weighted by molar-refractivity contribution is 5.77. The summed E-state index contributed by atoms with van der Waals surface area (Å²) in [6.45, 7) is 4.80. The van der Waals surface area contributed by atoms with Gasteiger partial charge in [0.1, 0.15) is 17.3 Å². The molecule has 0 aliphatic heterocycles. The molecule has 31 heavy (non-hydrogen) atoms. The van der Waals surface area contributed by atoms with Gasteiger partial charge in [-0.3, -0.25) is 4.79 Å². The fourth-order valence-electron chi connectivity index (χ4n) is 2.74. The van der Waals surface area contributed by atoms with Crippen molar-refractivity contribution in [3.05, 3.63) is 65.9 Å². The lowest BCUT2D eigenvalue weighted by Gasteiger charge is -2.11. The fraction of sp³-hybridized carbons (Fsp3) is 0.261. The maximum atomic E-state index is 12.0. The molecule has 3 rings (SSSR count). The van der Waals surface area contributed by atoms with Crippen molar-refractivity contribution < 1.29 is 14.3 Å². The number of anilines is 3. The second-order valence-electron chi connectivity index (χ2n) is 6.95. The van der Waals surface area contributed by atoms with E-state index in [9.17, 15) is 4.79 Å². The lowest BCUT2D eigenvalue weighted by molar-refractivity contribution is -0.123. The minimum atomic E-state index is -0.204. The number of methoxy groups -OCH3 is 1. The maximum absolute atomic E-state index is 12.0. The number of rotatable bonds is 10. The lowest BCUT2D eigenvalue weighted by Crippen LogP contribution is -2.32. The van der Waals surface area contributed by atoms with Gasteiger partial charge in [0, 0.05) is 30.5 Å². The van der Waals surface area contributed by atoms with Crippen LogP contribution in [0.3, 0.4) is 0 Å². The van der Waals surface area contributed by atoms with Crippen LogP contribution in [-0.4, -0.2) is 42.7 Å². The molecule has 0 fully saturated rings. The normalized spacial score (nSPS) is 10.3. The van der Waals surface area contributed by atoms with E-state index < -0.39 is 0 Å². The molecule has 0 atom stereocenters. The van der Waals surface area contributed by atoms with Gasteiger partial charge >= 0.3 is 0 Å². The Morgan fingerprint density at radius 2 is 1.65 bits per heavy atom. The van der Waals surface area contributed by atoms with Gasteiger partial charge in [-0.1, -0.05) is 17.7 Å². The SMILES string of the molecule is COc1ccc(OCC(=O)NCCNc2nc(C)cc(Nc3ccc(C)cc3)n2)cc1. The van der Waals surface area contributed by atoms with Gasteiger partial charge in [-0.2, -0.15) is 4.98 Å². The van der Waals surface area contributed by atoms with Crippen molar-refractivity contribution in [1.82, 2.24) is 15.3 Å². The van der Waals surface area contributed by atoms with Crippen LogP contribution in [0.5, 0.6) is 11.5 Å². The Kier molecular flexibility index (Phi) is 7.64. The average molecular weight is 422 g/mol. The predicted molar refractivity (Wildman–Crippen MR) is 121 cm³/mol. The molecule has 0 spiro atoms. The summed E-state index contributed by atoms with van der Waals surface area (Å²) in [6.07, 6.45) is 0. The average Bonchev–Trinajstić information content (AvgIpc) is 2.77. The van der Waals surface area contributed by atoms with E-state index in [1.54, 1.807) is 31.4 Å². The second-order valence-corrected chi connectivity index (χ2v) is 6.95. The van der Waals surface area contributed by atoms with Crippen LogP contribution in [0, 0.1) is 13.8 Å². The highest BCUT2D eigenvalue weighted by atomic mass is 16.5. The van der Waals surface area contributed by atoms with Gasteiger partial charge in [0.2, 0.25) is 5.95 Å². The molecule has 0 aliphatic carbocycles. The van der Waals surface area contributed by atoms with Crippen molar-refractivity contribution in [3.63, 3.8) is 0 Å². The third kappa shape index (κ3) is 7.18. The molecule has 1 amide bonds. The van der Waals surface area contributed by atoms with E-state index in [0.29, 0.717) is 30.6 Å². The molecule has 0 aliphatic rings. The van der Waals surface area contributed by atoms with Crippen LogP contribution in [0.25, 0.3) is 0 Å². The van der Waals surface area contributed by atoms with Crippen LogP contribution in [0.2, 0.25) is 0 Å². The second kappa shape index (κ2) is 10.8. The van der Waals surface area contributed by atoms with Crippen LogP contribution >= 0.6 is 0 Å². The Labute approximate surface area is 182 Å². The highest BCUT2D eigenvalue weighted by Gasteiger charge is 2.05. The maximum Gasteiger partial charge on any atom is 0.258 e. The van der Waals surface area contributed by atoms with E-state index >= 15 is 0 Å². The molecule has 2 aromatic carbocycles. The van der Waals surface area contributed by atoms with Gasteiger partial charge in [-0.25, -0.2) is 4.98 Å². The number of amides is 1. The first kappa shape index (κ1) is 21.9. The van der Waals surface area contributed by atoms with Crippen molar-refractivity contribution in [2.45, 2.75) is 13.8 Å². The summed E-state index contributed by atoms with van der Waals surface area (Å²) < 4.78 is 10.5. The van der Waals surface area contributed by atoms with E-state index in [1.807, 2.05) is 44.2 Å². The van der Waals surface area contributed by atoms with Crippen molar-refractivity contribution in [1.29, 1.82) is 0 Å². The summed E-state index contributed by atoms with van der Waals surface area (Å²) in [6, 6.07) is 17.0. The molecular formula is C23H27N5O3. The summed E-state index contributed by atoms with van der Waals surface area (Å²) in [5.41, 5.74) is 2.99. The van der Waals surface area contributed by atoms with Gasteiger partial charge in [0.25, 0.3) is 5.91 Å². The molecule has 1 heterocycles. The number of benzene rings is 2. The molecule has 8 heteroatoms. The van der Waals surface area contributed by atoms with Crippen LogP contribution < -0.4 is 25.4 Å². The molecular weight excluding hydrogens is 394 g/mol. The Morgan fingerprint density at radius 1 is 0.935 bits per heavy atom. The lowest BCUT2D eigenvalue weighted by atomic mass is 10.2. The van der Waals surface area contributed by atoms with E-state index in [2.05, 4.69) is 25.9 Å². The first-order valence-electron chi connectivity index (χ1n) is 9.98. The van der Waals surface area contributed by atoms with E-state index in [-0.39, 0.29) is 12.5 Å². The summed E-state index contributed by atoms with van der Waals surface area (Å²) in [5.74, 6) is 2.34. The van der Waals surface area contributed by atoms with Crippen LogP contribution in [0.15, 0.2) is 54.6 Å². The zero-order valence-electron chi connectivity index (χ0n) is 17.9. The van der Waals surface area contributed by atoms with Crippen molar-refractivity contribution in [2.75, 3.05) is 37.4 Å². The van der Waals surface area contributed by atoms with E-state index in [0.717, 1.165) is 17.1 Å². The number of aromatic nitrogens is 2. The molecule has 0 radical (unpaired) electrons. The number of carbonyl (C=O) groups excluding carboxylic acids is 1. The van der Waals surface area contributed by atoms with Crippen molar-refractivity contribution in [2.24, 2.45) is 0 Å². The zero-order valence-corrected chi connectivity index (χ0v) is 17.9. The quantitative estimate of drug-likeness (QED) is 0.431. The predicted octanol–water partition coefficient (Wildman–Crippen LogP) is 3.45. The van der Waals surface area contributed by atoms with Crippen molar-refractivity contribution >= 4 is 23.4 Å². The smallest absolute Gasteiger partial charge is 0.258 e. The summed E-state index contributed by atoms with van der Waals surface area (Å²) in [5, 5.41) is 9.20. The highest BCUT2D eigenvalue weighted by Crippen LogP contribution is 2.18. The summed E-state index contributed by atoms with van der Waals surface area (Å²) in [4.78, 5) is 20.8. The largest absolute Gasteiger partial charge is 0.497 e. The third-order valence-corrected chi connectivity index (χ3v) is 4.34. The van der Waals surface area contributed by atoms with Gasteiger partial charge < -0.3 is 25.4 Å². The number of nitrogens with one attached hydrogen (secondary N) is 3.